The minimum Gasteiger partial charge on any atom is -0.372 e. The highest BCUT2D eigenvalue weighted by atomic mass is 32.1. The van der Waals surface area contributed by atoms with Crippen LogP contribution in [-0.4, -0.2) is 11.6 Å². The molecular weight excluding hydrogens is 208 g/mol. The Labute approximate surface area is 95.7 Å². The maximum atomic E-state index is 5.71. The van der Waals surface area contributed by atoms with E-state index in [1.807, 2.05) is 13.8 Å². The fourth-order valence-corrected chi connectivity index (χ4v) is 2.57. The Bertz CT molecular complexity index is 310. The lowest BCUT2D eigenvalue weighted by molar-refractivity contribution is 0.0761. The molecule has 1 heterocycles. The van der Waals surface area contributed by atoms with E-state index in [0.717, 1.165) is 17.3 Å². The molecule has 1 aromatic heterocycles. The number of nitrogens with zero attached hydrogens (tertiary/aromatic N) is 1. The Morgan fingerprint density at radius 3 is 2.47 bits per heavy atom. The SMILES string of the molecule is CCOC(C)c1nc(C(C)C)c(CN)s1. The van der Waals surface area contributed by atoms with Gasteiger partial charge in [-0.2, -0.15) is 0 Å². The molecule has 2 N–H and O–H groups in total. The normalized spacial score (nSPS) is 13.5. The van der Waals surface area contributed by atoms with Crippen LogP contribution >= 0.6 is 11.3 Å². The quantitative estimate of drug-likeness (QED) is 0.843. The van der Waals surface area contributed by atoms with Gasteiger partial charge in [-0.15, -0.1) is 11.3 Å². The minimum absolute atomic E-state index is 0.0813. The van der Waals surface area contributed by atoms with E-state index in [1.54, 1.807) is 11.3 Å². The van der Waals surface area contributed by atoms with Crippen molar-refractivity contribution in [3.05, 3.63) is 15.6 Å². The molecule has 1 aromatic rings. The Morgan fingerprint density at radius 1 is 1.40 bits per heavy atom. The molecule has 1 unspecified atom stereocenters. The van der Waals surface area contributed by atoms with Gasteiger partial charge in [-0.05, 0) is 19.8 Å². The summed E-state index contributed by atoms with van der Waals surface area (Å²) in [4.78, 5) is 5.80. The van der Waals surface area contributed by atoms with E-state index in [-0.39, 0.29) is 6.10 Å². The monoisotopic (exact) mass is 228 g/mol. The molecule has 15 heavy (non-hydrogen) atoms. The second-order valence-electron chi connectivity index (χ2n) is 3.82. The van der Waals surface area contributed by atoms with Crippen molar-refractivity contribution in [2.75, 3.05) is 6.61 Å². The molecule has 0 bridgehead atoms. The van der Waals surface area contributed by atoms with Crippen LogP contribution in [0.2, 0.25) is 0 Å². The first-order valence-electron chi connectivity index (χ1n) is 5.41. The molecule has 0 spiro atoms. The van der Waals surface area contributed by atoms with Crippen LogP contribution in [0.15, 0.2) is 0 Å². The zero-order chi connectivity index (χ0) is 11.4. The zero-order valence-electron chi connectivity index (χ0n) is 9.91. The third-order valence-corrected chi connectivity index (χ3v) is 3.50. The first-order chi connectivity index (χ1) is 7.10. The number of hydrogen-bond donors (Lipinski definition) is 1. The maximum absolute atomic E-state index is 5.71. The van der Waals surface area contributed by atoms with E-state index in [0.29, 0.717) is 12.5 Å². The van der Waals surface area contributed by atoms with Crippen LogP contribution in [-0.2, 0) is 11.3 Å². The van der Waals surface area contributed by atoms with Crippen LogP contribution in [0.1, 0.15) is 55.3 Å². The molecule has 0 aromatic carbocycles. The lowest BCUT2D eigenvalue weighted by Gasteiger charge is -2.07. The zero-order valence-corrected chi connectivity index (χ0v) is 10.7. The molecule has 1 atom stereocenters. The van der Waals surface area contributed by atoms with E-state index in [4.69, 9.17) is 10.5 Å². The van der Waals surface area contributed by atoms with Crippen LogP contribution in [0.5, 0.6) is 0 Å². The highest BCUT2D eigenvalue weighted by Crippen LogP contribution is 2.29. The van der Waals surface area contributed by atoms with Crippen LogP contribution in [0, 0.1) is 0 Å². The highest BCUT2D eigenvalue weighted by molar-refractivity contribution is 7.11. The second-order valence-corrected chi connectivity index (χ2v) is 4.93. The molecule has 0 fully saturated rings. The molecule has 0 amide bonds. The summed E-state index contributed by atoms with van der Waals surface area (Å²) in [5.74, 6) is 0.433. The summed E-state index contributed by atoms with van der Waals surface area (Å²) < 4.78 is 5.53. The van der Waals surface area contributed by atoms with Gasteiger partial charge in [0.15, 0.2) is 0 Å². The highest BCUT2D eigenvalue weighted by Gasteiger charge is 2.16. The van der Waals surface area contributed by atoms with Gasteiger partial charge in [0.1, 0.15) is 11.1 Å². The molecule has 4 heteroatoms. The molecule has 1 rings (SSSR count). The third-order valence-electron chi connectivity index (χ3n) is 2.24. The predicted octanol–water partition coefficient (Wildman–Crippen LogP) is 2.82. The van der Waals surface area contributed by atoms with E-state index < -0.39 is 0 Å². The molecule has 0 aliphatic carbocycles. The van der Waals surface area contributed by atoms with Gasteiger partial charge < -0.3 is 10.5 Å². The van der Waals surface area contributed by atoms with Crippen LogP contribution in [0.3, 0.4) is 0 Å². The average molecular weight is 228 g/mol. The number of ether oxygens (including phenoxy) is 1. The topological polar surface area (TPSA) is 48.1 Å². The van der Waals surface area contributed by atoms with Gasteiger partial charge in [0.2, 0.25) is 0 Å². The number of hydrogen-bond acceptors (Lipinski definition) is 4. The number of rotatable bonds is 5. The number of thiazole rings is 1. The Morgan fingerprint density at radius 2 is 2.07 bits per heavy atom. The first kappa shape index (κ1) is 12.6. The van der Waals surface area contributed by atoms with Gasteiger partial charge >= 0.3 is 0 Å². The van der Waals surface area contributed by atoms with E-state index in [9.17, 15) is 0 Å². The summed E-state index contributed by atoms with van der Waals surface area (Å²) in [6, 6.07) is 0. The van der Waals surface area contributed by atoms with E-state index in [1.165, 1.54) is 4.88 Å². The number of nitrogens with two attached hydrogens (primary N) is 1. The van der Waals surface area contributed by atoms with Gasteiger partial charge in [0.05, 0.1) is 5.69 Å². The fraction of sp³-hybridized carbons (Fsp3) is 0.727. The summed E-state index contributed by atoms with van der Waals surface area (Å²) in [6.45, 7) is 9.61. The second kappa shape index (κ2) is 5.58. The summed E-state index contributed by atoms with van der Waals surface area (Å²) in [6.07, 6.45) is 0.0813. The van der Waals surface area contributed by atoms with Gasteiger partial charge in [-0.25, -0.2) is 4.98 Å². The number of aromatic nitrogens is 1. The summed E-state index contributed by atoms with van der Waals surface area (Å²) in [5.41, 5.74) is 6.83. The van der Waals surface area contributed by atoms with Crippen molar-refractivity contribution in [1.82, 2.24) is 4.98 Å². The van der Waals surface area contributed by atoms with Crippen molar-refractivity contribution in [2.24, 2.45) is 5.73 Å². The van der Waals surface area contributed by atoms with Crippen molar-refractivity contribution < 1.29 is 4.74 Å². The van der Waals surface area contributed by atoms with Crippen LogP contribution < -0.4 is 5.73 Å². The molecule has 0 aliphatic heterocycles. The van der Waals surface area contributed by atoms with Crippen LogP contribution in [0.25, 0.3) is 0 Å². The van der Waals surface area contributed by atoms with Crippen molar-refractivity contribution >= 4 is 11.3 Å². The van der Waals surface area contributed by atoms with Crippen molar-refractivity contribution in [3.8, 4) is 0 Å². The maximum Gasteiger partial charge on any atom is 0.122 e. The Balaban J connectivity index is 2.91. The minimum atomic E-state index is 0.0813. The molecule has 0 saturated heterocycles. The summed E-state index contributed by atoms with van der Waals surface area (Å²) in [5, 5.41) is 1.04. The molecule has 86 valence electrons. The van der Waals surface area contributed by atoms with E-state index in [2.05, 4.69) is 18.8 Å². The van der Waals surface area contributed by atoms with Crippen molar-refractivity contribution in [3.63, 3.8) is 0 Å². The smallest absolute Gasteiger partial charge is 0.122 e. The Kier molecular flexibility index (Phi) is 4.70. The summed E-state index contributed by atoms with van der Waals surface area (Å²) >= 11 is 1.67. The van der Waals surface area contributed by atoms with Gasteiger partial charge in [0.25, 0.3) is 0 Å². The Hall–Kier alpha value is -0.450. The van der Waals surface area contributed by atoms with Gasteiger partial charge in [-0.3, -0.25) is 0 Å². The lowest BCUT2D eigenvalue weighted by Crippen LogP contribution is -2.01. The standard InChI is InChI=1S/C11H20N2OS/c1-5-14-8(4)11-13-10(7(2)3)9(6-12)15-11/h7-8H,5-6,12H2,1-4H3. The lowest BCUT2D eigenvalue weighted by atomic mass is 10.1. The van der Waals surface area contributed by atoms with Crippen molar-refractivity contribution in [2.45, 2.75) is 46.3 Å². The van der Waals surface area contributed by atoms with E-state index >= 15 is 0 Å². The molecular formula is C11H20N2OS. The third kappa shape index (κ3) is 3.00. The average Bonchev–Trinajstić information content (AvgIpc) is 2.61. The molecule has 3 nitrogen and oxygen atoms in total. The van der Waals surface area contributed by atoms with Gasteiger partial charge in [-0.1, -0.05) is 13.8 Å². The largest absolute Gasteiger partial charge is 0.372 e. The molecule has 0 aliphatic rings. The van der Waals surface area contributed by atoms with Crippen LogP contribution in [0.4, 0.5) is 0 Å². The first-order valence-corrected chi connectivity index (χ1v) is 6.22. The molecule has 0 radical (unpaired) electrons. The fourth-order valence-electron chi connectivity index (χ4n) is 1.47. The summed E-state index contributed by atoms with van der Waals surface area (Å²) in [7, 11) is 0. The predicted molar refractivity (Wildman–Crippen MR) is 64.1 cm³/mol. The van der Waals surface area contributed by atoms with Crippen molar-refractivity contribution in [1.29, 1.82) is 0 Å². The molecule has 0 saturated carbocycles. The van der Waals surface area contributed by atoms with Gasteiger partial charge in [0, 0.05) is 18.0 Å².